The molecule has 0 unspecified atom stereocenters. The number of rotatable bonds is 2. The van der Waals surface area contributed by atoms with E-state index in [0.717, 1.165) is 0 Å². The Labute approximate surface area is 96.8 Å². The number of methoxy groups -OCH3 is 1. The summed E-state index contributed by atoms with van der Waals surface area (Å²) in [7, 11) is 3.05. The molecular formula is C10H10ClN3O2. The number of benzene rings is 1. The van der Waals surface area contributed by atoms with Crippen molar-refractivity contribution in [2.75, 3.05) is 7.11 Å². The standard InChI is InChI=1S/C10H10ClN3O2/c1-13-9(16-2)12-14(10(13)15)8-5-3-4-7(11)6-8/h3-6H,1-2H3. The van der Waals surface area contributed by atoms with Crippen LogP contribution in [0.25, 0.3) is 5.69 Å². The Morgan fingerprint density at radius 2 is 2.19 bits per heavy atom. The number of ether oxygens (including phenoxy) is 1. The van der Waals surface area contributed by atoms with Gasteiger partial charge in [-0.1, -0.05) is 17.7 Å². The van der Waals surface area contributed by atoms with Gasteiger partial charge < -0.3 is 4.74 Å². The molecule has 2 aromatic rings. The minimum Gasteiger partial charge on any atom is -0.467 e. The van der Waals surface area contributed by atoms with Crippen LogP contribution in [0.3, 0.4) is 0 Å². The van der Waals surface area contributed by atoms with Crippen LogP contribution in [0, 0.1) is 0 Å². The number of halogens is 1. The molecule has 1 aromatic carbocycles. The first kappa shape index (κ1) is 10.8. The van der Waals surface area contributed by atoms with Crippen molar-refractivity contribution in [3.05, 3.63) is 39.8 Å². The molecule has 0 saturated heterocycles. The van der Waals surface area contributed by atoms with Crippen LogP contribution in [0.1, 0.15) is 0 Å². The van der Waals surface area contributed by atoms with E-state index in [2.05, 4.69) is 5.10 Å². The van der Waals surface area contributed by atoms with Crippen LogP contribution in [0.15, 0.2) is 29.1 Å². The van der Waals surface area contributed by atoms with Gasteiger partial charge >= 0.3 is 11.7 Å². The number of aromatic nitrogens is 3. The summed E-state index contributed by atoms with van der Waals surface area (Å²) >= 11 is 5.85. The van der Waals surface area contributed by atoms with Crippen molar-refractivity contribution in [2.24, 2.45) is 7.05 Å². The topological polar surface area (TPSA) is 49.1 Å². The Morgan fingerprint density at radius 1 is 1.44 bits per heavy atom. The van der Waals surface area contributed by atoms with E-state index < -0.39 is 0 Å². The van der Waals surface area contributed by atoms with E-state index in [1.807, 2.05) is 0 Å². The normalized spacial score (nSPS) is 10.4. The zero-order valence-electron chi connectivity index (χ0n) is 8.85. The summed E-state index contributed by atoms with van der Waals surface area (Å²) in [6.45, 7) is 0. The average Bonchev–Trinajstić information content (AvgIpc) is 2.56. The van der Waals surface area contributed by atoms with Crippen molar-refractivity contribution < 1.29 is 4.74 Å². The van der Waals surface area contributed by atoms with Crippen LogP contribution in [0.2, 0.25) is 5.02 Å². The van der Waals surface area contributed by atoms with Crippen molar-refractivity contribution in [1.29, 1.82) is 0 Å². The molecule has 5 nitrogen and oxygen atoms in total. The molecule has 1 heterocycles. The van der Waals surface area contributed by atoms with Crippen LogP contribution in [-0.2, 0) is 7.05 Å². The fraction of sp³-hybridized carbons (Fsp3) is 0.200. The van der Waals surface area contributed by atoms with Crippen LogP contribution >= 0.6 is 11.6 Å². The van der Waals surface area contributed by atoms with E-state index in [1.54, 1.807) is 31.3 Å². The van der Waals surface area contributed by atoms with Crippen molar-refractivity contribution in [3.63, 3.8) is 0 Å². The largest absolute Gasteiger partial charge is 0.467 e. The fourth-order valence-electron chi connectivity index (χ4n) is 1.37. The van der Waals surface area contributed by atoms with Gasteiger partial charge in [-0.25, -0.2) is 9.36 Å². The molecule has 0 radical (unpaired) electrons. The molecule has 0 aliphatic carbocycles. The molecule has 6 heteroatoms. The molecule has 0 bridgehead atoms. The van der Waals surface area contributed by atoms with E-state index in [1.165, 1.54) is 16.4 Å². The quantitative estimate of drug-likeness (QED) is 0.792. The predicted molar refractivity (Wildman–Crippen MR) is 60.4 cm³/mol. The summed E-state index contributed by atoms with van der Waals surface area (Å²) in [6, 6.07) is 7.15. The third kappa shape index (κ3) is 1.69. The first-order chi connectivity index (χ1) is 7.63. The van der Waals surface area contributed by atoms with Gasteiger partial charge in [0.1, 0.15) is 0 Å². The van der Waals surface area contributed by atoms with Gasteiger partial charge in [0.15, 0.2) is 0 Å². The van der Waals surface area contributed by atoms with Gasteiger partial charge in [-0.05, 0) is 18.2 Å². The SMILES string of the molecule is COc1nn(-c2cccc(Cl)c2)c(=O)n1C. The van der Waals surface area contributed by atoms with E-state index in [4.69, 9.17) is 16.3 Å². The number of hydrogen-bond donors (Lipinski definition) is 0. The summed E-state index contributed by atoms with van der Waals surface area (Å²) in [5, 5.41) is 4.58. The number of nitrogens with zero attached hydrogens (tertiary/aromatic N) is 3. The van der Waals surface area contributed by atoms with Crippen molar-refractivity contribution in [2.45, 2.75) is 0 Å². The first-order valence-electron chi connectivity index (χ1n) is 4.59. The molecule has 1 aromatic heterocycles. The van der Waals surface area contributed by atoms with Crippen LogP contribution in [0.5, 0.6) is 6.01 Å². The molecule has 0 aliphatic heterocycles. The Hall–Kier alpha value is -1.75. The lowest BCUT2D eigenvalue weighted by atomic mass is 10.3. The fourth-order valence-corrected chi connectivity index (χ4v) is 1.56. The van der Waals surface area contributed by atoms with E-state index in [0.29, 0.717) is 10.7 Å². The second-order valence-corrected chi connectivity index (χ2v) is 3.66. The monoisotopic (exact) mass is 239 g/mol. The maximum absolute atomic E-state index is 11.8. The lowest BCUT2D eigenvalue weighted by Gasteiger charge is -1.98. The van der Waals surface area contributed by atoms with Gasteiger partial charge in [0.05, 0.1) is 12.8 Å². The van der Waals surface area contributed by atoms with E-state index in [9.17, 15) is 4.79 Å². The highest BCUT2D eigenvalue weighted by molar-refractivity contribution is 6.30. The Kier molecular flexibility index (Phi) is 2.70. The molecule has 2 rings (SSSR count). The first-order valence-corrected chi connectivity index (χ1v) is 4.97. The van der Waals surface area contributed by atoms with Crippen molar-refractivity contribution in [3.8, 4) is 11.7 Å². The molecule has 16 heavy (non-hydrogen) atoms. The Balaban J connectivity index is 2.61. The molecule has 0 amide bonds. The second kappa shape index (κ2) is 4.02. The highest BCUT2D eigenvalue weighted by atomic mass is 35.5. The second-order valence-electron chi connectivity index (χ2n) is 3.22. The molecular weight excluding hydrogens is 230 g/mol. The minimum absolute atomic E-state index is 0.255. The average molecular weight is 240 g/mol. The summed E-state index contributed by atoms with van der Waals surface area (Å²) in [5.41, 5.74) is 0.329. The summed E-state index contributed by atoms with van der Waals surface area (Å²) < 4.78 is 7.52. The maximum atomic E-state index is 11.8. The zero-order chi connectivity index (χ0) is 11.7. The van der Waals surface area contributed by atoms with Gasteiger partial charge in [0.25, 0.3) is 0 Å². The highest BCUT2D eigenvalue weighted by Crippen LogP contribution is 2.13. The van der Waals surface area contributed by atoms with Crippen molar-refractivity contribution in [1.82, 2.24) is 14.3 Å². The summed E-state index contributed by atoms with van der Waals surface area (Å²) in [4.78, 5) is 11.8. The predicted octanol–water partition coefficient (Wildman–Crippen LogP) is 1.23. The van der Waals surface area contributed by atoms with Crippen LogP contribution in [-0.4, -0.2) is 21.5 Å². The lowest BCUT2D eigenvalue weighted by Crippen LogP contribution is -2.21. The van der Waals surface area contributed by atoms with Gasteiger partial charge in [0.2, 0.25) is 0 Å². The van der Waals surface area contributed by atoms with Gasteiger partial charge in [-0.3, -0.25) is 0 Å². The Bertz CT molecular complexity index is 574. The summed E-state index contributed by atoms with van der Waals surface area (Å²) in [5.74, 6) is 0. The molecule has 0 N–H and O–H groups in total. The van der Waals surface area contributed by atoms with E-state index in [-0.39, 0.29) is 11.7 Å². The van der Waals surface area contributed by atoms with Gasteiger partial charge in [-0.15, -0.1) is 5.10 Å². The van der Waals surface area contributed by atoms with E-state index >= 15 is 0 Å². The van der Waals surface area contributed by atoms with Gasteiger partial charge in [-0.2, -0.15) is 4.68 Å². The smallest absolute Gasteiger partial charge is 0.353 e. The van der Waals surface area contributed by atoms with Gasteiger partial charge in [0, 0.05) is 12.1 Å². The zero-order valence-corrected chi connectivity index (χ0v) is 9.60. The Morgan fingerprint density at radius 3 is 2.75 bits per heavy atom. The molecule has 0 aliphatic rings. The molecule has 0 saturated carbocycles. The third-order valence-electron chi connectivity index (χ3n) is 2.18. The molecule has 0 atom stereocenters. The molecule has 0 fully saturated rings. The molecule has 0 spiro atoms. The van der Waals surface area contributed by atoms with Crippen LogP contribution in [0.4, 0.5) is 0 Å². The molecule has 84 valence electrons. The lowest BCUT2D eigenvalue weighted by molar-refractivity contribution is 0.362. The number of hydrogen-bond acceptors (Lipinski definition) is 3. The summed E-state index contributed by atoms with van der Waals surface area (Å²) in [6.07, 6.45) is 0. The highest BCUT2D eigenvalue weighted by Gasteiger charge is 2.11. The maximum Gasteiger partial charge on any atom is 0.353 e. The third-order valence-corrected chi connectivity index (χ3v) is 2.41. The van der Waals surface area contributed by atoms with Crippen LogP contribution < -0.4 is 10.4 Å². The minimum atomic E-state index is -0.279. The van der Waals surface area contributed by atoms with Crippen molar-refractivity contribution >= 4 is 11.6 Å².